The molecule has 4 heteroatoms. The van der Waals surface area contributed by atoms with E-state index in [0.29, 0.717) is 0 Å². The molecule has 0 bridgehead atoms. The molecule has 0 aliphatic heterocycles. The Balaban J connectivity index is 1.34. The molecule has 8 rings (SSSR count). The van der Waals surface area contributed by atoms with Crippen LogP contribution in [-0.2, 0) is 12.5 Å². The van der Waals surface area contributed by atoms with Crippen molar-refractivity contribution in [3.8, 4) is 33.8 Å². The van der Waals surface area contributed by atoms with Gasteiger partial charge >= 0.3 is 0 Å². The largest absolute Gasteiger partial charge is 0.354 e. The predicted molar refractivity (Wildman–Crippen MR) is 180 cm³/mol. The fourth-order valence-corrected chi connectivity index (χ4v) is 6.43. The first-order chi connectivity index (χ1) is 20.9. The number of imidazole rings is 1. The maximum atomic E-state index is 5.38. The van der Waals surface area contributed by atoms with Crippen LogP contribution >= 0.6 is 0 Å². The Morgan fingerprint density at radius 1 is 0.674 bits per heavy atom. The summed E-state index contributed by atoms with van der Waals surface area (Å²) < 4.78 is 2.24. The summed E-state index contributed by atoms with van der Waals surface area (Å²) in [6.45, 7) is 6.83. The van der Waals surface area contributed by atoms with E-state index < -0.39 is 0 Å². The van der Waals surface area contributed by atoms with Gasteiger partial charge in [-0.05, 0) is 58.3 Å². The molecular formula is C39H32N4. The van der Waals surface area contributed by atoms with Crippen LogP contribution in [-0.4, -0.2) is 19.5 Å². The summed E-state index contributed by atoms with van der Waals surface area (Å²) in [5, 5.41) is 4.82. The number of aromatic nitrogens is 4. The number of aryl methyl sites for hydroxylation is 1. The lowest BCUT2D eigenvalue weighted by Gasteiger charge is -2.20. The second-order valence-corrected chi connectivity index (χ2v) is 12.5. The number of H-pyrrole nitrogens is 1. The molecule has 0 aliphatic rings. The van der Waals surface area contributed by atoms with Crippen molar-refractivity contribution < 1.29 is 0 Å². The Hall–Kier alpha value is -5.22. The number of hydrogen-bond donors (Lipinski definition) is 1. The molecule has 0 aliphatic carbocycles. The highest BCUT2D eigenvalue weighted by atomic mass is 15.1. The molecule has 0 amide bonds. The van der Waals surface area contributed by atoms with E-state index in [1.54, 1.807) is 0 Å². The van der Waals surface area contributed by atoms with Crippen LogP contribution in [0, 0.1) is 0 Å². The zero-order chi connectivity index (χ0) is 29.3. The highest BCUT2D eigenvalue weighted by molar-refractivity contribution is 6.12. The van der Waals surface area contributed by atoms with Gasteiger partial charge < -0.3 is 9.55 Å². The molecule has 8 aromatic rings. The fourth-order valence-electron chi connectivity index (χ4n) is 6.43. The molecule has 0 atom stereocenters. The average molecular weight is 557 g/mol. The van der Waals surface area contributed by atoms with Crippen molar-refractivity contribution in [3.05, 3.63) is 121 Å². The number of nitrogens with zero attached hydrogens (tertiary/aromatic N) is 3. The minimum atomic E-state index is -0.00680. The lowest BCUT2D eigenvalue weighted by Crippen LogP contribution is -2.11. The van der Waals surface area contributed by atoms with Crippen LogP contribution in [0.3, 0.4) is 0 Å². The lowest BCUT2D eigenvalue weighted by molar-refractivity contribution is 0.591. The van der Waals surface area contributed by atoms with Crippen LogP contribution in [0.25, 0.3) is 77.4 Å². The van der Waals surface area contributed by atoms with E-state index in [-0.39, 0.29) is 5.41 Å². The SMILES string of the molecule is Cn1c(-c2cc(C(C)(C)C)cc3c2[nH]c2ccccc23)nc2c(-c3cccc(-c4nccc5ccccc45)c3)cccc21. The third-order valence-corrected chi connectivity index (χ3v) is 8.75. The molecule has 0 radical (unpaired) electrons. The van der Waals surface area contributed by atoms with Gasteiger partial charge in [-0.2, -0.15) is 0 Å². The number of pyridine rings is 1. The molecule has 0 fully saturated rings. The molecule has 0 saturated heterocycles. The topological polar surface area (TPSA) is 46.5 Å². The molecule has 5 aromatic carbocycles. The average Bonchev–Trinajstić information content (AvgIpc) is 3.57. The van der Waals surface area contributed by atoms with E-state index in [9.17, 15) is 0 Å². The molecule has 3 heterocycles. The molecule has 43 heavy (non-hydrogen) atoms. The van der Waals surface area contributed by atoms with Gasteiger partial charge in [0, 0.05) is 51.6 Å². The zero-order valence-corrected chi connectivity index (χ0v) is 24.8. The van der Waals surface area contributed by atoms with Crippen molar-refractivity contribution in [2.75, 3.05) is 0 Å². The normalized spacial score (nSPS) is 12.2. The number of nitrogens with one attached hydrogen (secondary N) is 1. The van der Waals surface area contributed by atoms with Gasteiger partial charge in [-0.15, -0.1) is 0 Å². The van der Waals surface area contributed by atoms with Gasteiger partial charge in [0.1, 0.15) is 5.82 Å². The Bertz CT molecular complexity index is 2340. The summed E-state index contributed by atoms with van der Waals surface area (Å²) in [7, 11) is 2.13. The molecule has 0 spiro atoms. The van der Waals surface area contributed by atoms with Gasteiger partial charge in [-0.25, -0.2) is 4.98 Å². The van der Waals surface area contributed by atoms with Gasteiger partial charge in [0.25, 0.3) is 0 Å². The minimum absolute atomic E-state index is 0.00680. The van der Waals surface area contributed by atoms with E-state index in [2.05, 4.69) is 147 Å². The first kappa shape index (κ1) is 25.5. The third-order valence-electron chi connectivity index (χ3n) is 8.75. The quantitative estimate of drug-likeness (QED) is 0.235. The van der Waals surface area contributed by atoms with Crippen molar-refractivity contribution in [1.29, 1.82) is 0 Å². The zero-order valence-electron chi connectivity index (χ0n) is 24.8. The number of benzene rings is 5. The van der Waals surface area contributed by atoms with E-state index in [1.807, 2.05) is 6.20 Å². The van der Waals surface area contributed by atoms with E-state index in [4.69, 9.17) is 9.97 Å². The molecule has 1 N–H and O–H groups in total. The number of para-hydroxylation sites is 2. The monoisotopic (exact) mass is 556 g/mol. The van der Waals surface area contributed by atoms with Crippen LogP contribution in [0.2, 0.25) is 0 Å². The van der Waals surface area contributed by atoms with Crippen LogP contribution in [0.4, 0.5) is 0 Å². The van der Waals surface area contributed by atoms with Crippen LogP contribution < -0.4 is 0 Å². The fraction of sp³-hybridized carbons (Fsp3) is 0.128. The number of fused-ring (bicyclic) bond motifs is 5. The van der Waals surface area contributed by atoms with Crippen LogP contribution in [0.15, 0.2) is 115 Å². The number of hydrogen-bond acceptors (Lipinski definition) is 2. The standard InChI is InChI=1S/C39H32N4/c1-39(2,3)27-22-31-30-15-7-8-17-33(30)41-36(31)32(23-27)38-42-37-29(16-10-18-34(37)43(38)4)25-12-9-13-26(21-25)35-28-14-6-5-11-24(28)19-20-40-35/h5-23,41H,1-4H3. The number of rotatable bonds is 3. The van der Waals surface area contributed by atoms with Gasteiger partial charge in [0.2, 0.25) is 0 Å². The lowest BCUT2D eigenvalue weighted by atomic mass is 9.85. The highest BCUT2D eigenvalue weighted by Gasteiger charge is 2.22. The molecule has 208 valence electrons. The Labute approximate surface area is 250 Å². The van der Waals surface area contributed by atoms with Crippen molar-refractivity contribution in [2.24, 2.45) is 7.05 Å². The summed E-state index contributed by atoms with van der Waals surface area (Å²) in [6.07, 6.45) is 1.90. The van der Waals surface area contributed by atoms with Crippen LogP contribution in [0.5, 0.6) is 0 Å². The summed E-state index contributed by atoms with van der Waals surface area (Å²) in [4.78, 5) is 13.9. The predicted octanol–water partition coefficient (Wildman–Crippen LogP) is 10.1. The summed E-state index contributed by atoms with van der Waals surface area (Å²) in [5.41, 5.74) is 11.1. The summed E-state index contributed by atoms with van der Waals surface area (Å²) in [6, 6.07) is 38.9. The first-order valence-corrected chi connectivity index (χ1v) is 14.8. The maximum Gasteiger partial charge on any atom is 0.143 e. The maximum absolute atomic E-state index is 5.38. The van der Waals surface area contributed by atoms with Crippen molar-refractivity contribution in [1.82, 2.24) is 19.5 Å². The third kappa shape index (κ3) is 4.05. The summed E-state index contributed by atoms with van der Waals surface area (Å²) in [5.74, 6) is 0.956. The molecule has 0 saturated carbocycles. The second kappa shape index (κ2) is 9.40. The minimum Gasteiger partial charge on any atom is -0.354 e. The van der Waals surface area contributed by atoms with Gasteiger partial charge in [-0.1, -0.05) is 93.6 Å². The Morgan fingerprint density at radius 3 is 2.30 bits per heavy atom. The van der Waals surface area contributed by atoms with E-state index in [0.717, 1.165) is 61.2 Å². The Kier molecular flexibility index (Phi) is 5.57. The van der Waals surface area contributed by atoms with E-state index in [1.165, 1.54) is 21.7 Å². The number of aromatic amines is 1. The van der Waals surface area contributed by atoms with Gasteiger partial charge in [0.15, 0.2) is 0 Å². The smallest absolute Gasteiger partial charge is 0.143 e. The van der Waals surface area contributed by atoms with Gasteiger partial charge in [0.05, 0.1) is 22.2 Å². The molecule has 3 aromatic heterocycles. The molecule has 4 nitrogen and oxygen atoms in total. The highest BCUT2D eigenvalue weighted by Crippen LogP contribution is 2.40. The molecule has 0 unspecified atom stereocenters. The van der Waals surface area contributed by atoms with Crippen LogP contribution in [0.1, 0.15) is 26.3 Å². The summed E-state index contributed by atoms with van der Waals surface area (Å²) >= 11 is 0. The van der Waals surface area contributed by atoms with Gasteiger partial charge in [-0.3, -0.25) is 4.98 Å². The van der Waals surface area contributed by atoms with Crippen molar-refractivity contribution in [2.45, 2.75) is 26.2 Å². The van der Waals surface area contributed by atoms with E-state index >= 15 is 0 Å². The molecular weight excluding hydrogens is 524 g/mol. The Morgan fingerprint density at radius 2 is 1.44 bits per heavy atom. The second-order valence-electron chi connectivity index (χ2n) is 12.5. The van der Waals surface area contributed by atoms with Crippen molar-refractivity contribution in [3.63, 3.8) is 0 Å². The first-order valence-electron chi connectivity index (χ1n) is 14.8. The van der Waals surface area contributed by atoms with Crippen molar-refractivity contribution >= 4 is 43.6 Å².